The zero-order valence-electron chi connectivity index (χ0n) is 10.3. The summed E-state index contributed by atoms with van der Waals surface area (Å²) < 4.78 is 5.64. The summed E-state index contributed by atoms with van der Waals surface area (Å²) in [6, 6.07) is 14.3. The molecule has 2 aromatic carbocycles. The Bertz CT molecular complexity index is 664. The average molecular weight is 253 g/mol. The second-order valence-corrected chi connectivity index (χ2v) is 4.29. The zero-order valence-corrected chi connectivity index (χ0v) is 10.3. The molecule has 0 spiro atoms. The predicted molar refractivity (Wildman–Crippen MR) is 70.7 cm³/mol. The van der Waals surface area contributed by atoms with Gasteiger partial charge in [0, 0.05) is 7.05 Å². The molecule has 4 nitrogen and oxygen atoms in total. The highest BCUT2D eigenvalue weighted by atomic mass is 16.5. The molecule has 0 saturated carbocycles. The van der Waals surface area contributed by atoms with Crippen molar-refractivity contribution in [1.29, 1.82) is 0 Å². The van der Waals surface area contributed by atoms with Gasteiger partial charge in [-0.15, -0.1) is 0 Å². The molecule has 1 heterocycles. The minimum atomic E-state index is -0.508. The number of fused-ring (bicyclic) bond motifs is 1. The first-order chi connectivity index (χ1) is 9.16. The molecule has 94 valence electrons. The first-order valence-electron chi connectivity index (χ1n) is 5.86. The van der Waals surface area contributed by atoms with E-state index in [0.717, 1.165) is 0 Å². The molecule has 1 aliphatic heterocycles. The highest BCUT2D eigenvalue weighted by Gasteiger charge is 2.33. The largest absolute Gasteiger partial charge is 0.457 e. The van der Waals surface area contributed by atoms with Gasteiger partial charge in [-0.1, -0.05) is 18.2 Å². The van der Waals surface area contributed by atoms with Crippen LogP contribution in [0.1, 0.15) is 10.4 Å². The molecule has 0 aromatic heterocycles. The first kappa shape index (κ1) is 11.5. The van der Waals surface area contributed by atoms with Gasteiger partial charge in [0.1, 0.15) is 11.5 Å². The molecule has 19 heavy (non-hydrogen) atoms. The Kier molecular flexibility index (Phi) is 2.56. The fourth-order valence-electron chi connectivity index (χ4n) is 2.05. The van der Waals surface area contributed by atoms with Crippen molar-refractivity contribution in [3.05, 3.63) is 54.1 Å². The molecule has 0 fully saturated rings. The standard InChI is InChI=1S/C15H11NO3/c1-16-13-8-7-11(9-12(13)14(17)15(16)18)19-10-5-3-2-4-6-10/h2-9H,1H3. The van der Waals surface area contributed by atoms with E-state index in [2.05, 4.69) is 0 Å². The molecule has 4 heteroatoms. The van der Waals surface area contributed by atoms with E-state index in [4.69, 9.17) is 4.74 Å². The summed E-state index contributed by atoms with van der Waals surface area (Å²) in [5.74, 6) is 0.233. The van der Waals surface area contributed by atoms with Crippen molar-refractivity contribution >= 4 is 17.4 Å². The molecule has 3 rings (SSSR count). The van der Waals surface area contributed by atoms with Crippen LogP contribution in [0.5, 0.6) is 11.5 Å². The lowest BCUT2D eigenvalue weighted by Crippen LogP contribution is -2.24. The summed E-state index contributed by atoms with van der Waals surface area (Å²) in [7, 11) is 1.59. The Morgan fingerprint density at radius 3 is 2.42 bits per heavy atom. The summed E-state index contributed by atoms with van der Waals surface area (Å²) >= 11 is 0. The Morgan fingerprint density at radius 2 is 1.68 bits per heavy atom. The summed E-state index contributed by atoms with van der Waals surface area (Å²) in [6.07, 6.45) is 0. The van der Waals surface area contributed by atoms with Crippen LogP contribution in [0, 0.1) is 0 Å². The number of carbonyl (C=O) groups excluding carboxylic acids is 2. The van der Waals surface area contributed by atoms with Crippen LogP contribution in [0.15, 0.2) is 48.5 Å². The number of anilines is 1. The van der Waals surface area contributed by atoms with Crippen LogP contribution in [0.2, 0.25) is 0 Å². The Labute approximate surface area is 110 Å². The third kappa shape index (κ3) is 1.87. The number of benzene rings is 2. The molecule has 0 N–H and O–H groups in total. The molecule has 0 bridgehead atoms. The lowest BCUT2D eigenvalue weighted by Gasteiger charge is -2.10. The van der Waals surface area contributed by atoms with E-state index in [1.165, 1.54) is 4.90 Å². The van der Waals surface area contributed by atoms with E-state index in [1.54, 1.807) is 25.2 Å². The van der Waals surface area contributed by atoms with Gasteiger partial charge < -0.3 is 9.64 Å². The van der Waals surface area contributed by atoms with Crippen LogP contribution >= 0.6 is 0 Å². The molecule has 1 aliphatic rings. The SMILES string of the molecule is CN1C(=O)C(=O)c2cc(Oc3ccccc3)ccc21. The number of ether oxygens (including phenoxy) is 1. The van der Waals surface area contributed by atoms with Gasteiger partial charge in [0.15, 0.2) is 0 Å². The Balaban J connectivity index is 1.95. The molecule has 0 atom stereocenters. The molecule has 2 aromatic rings. The van der Waals surface area contributed by atoms with Crippen molar-refractivity contribution in [3.63, 3.8) is 0 Å². The summed E-state index contributed by atoms with van der Waals surface area (Å²) in [4.78, 5) is 24.7. The fraction of sp³-hybridized carbons (Fsp3) is 0.0667. The monoisotopic (exact) mass is 253 g/mol. The van der Waals surface area contributed by atoms with Gasteiger partial charge in [-0.05, 0) is 30.3 Å². The quantitative estimate of drug-likeness (QED) is 0.773. The predicted octanol–water partition coefficient (Wildman–Crippen LogP) is 2.64. The van der Waals surface area contributed by atoms with Gasteiger partial charge in [-0.25, -0.2) is 0 Å². The smallest absolute Gasteiger partial charge is 0.299 e. The van der Waals surface area contributed by atoms with Gasteiger partial charge in [-0.2, -0.15) is 0 Å². The number of nitrogens with zero attached hydrogens (tertiary/aromatic N) is 1. The third-order valence-corrected chi connectivity index (χ3v) is 3.05. The van der Waals surface area contributed by atoms with Crippen molar-refractivity contribution in [2.75, 3.05) is 11.9 Å². The van der Waals surface area contributed by atoms with E-state index in [9.17, 15) is 9.59 Å². The maximum Gasteiger partial charge on any atom is 0.299 e. The van der Waals surface area contributed by atoms with E-state index in [0.29, 0.717) is 22.7 Å². The number of hydrogen-bond acceptors (Lipinski definition) is 3. The normalized spacial score (nSPS) is 13.6. The van der Waals surface area contributed by atoms with Crippen molar-refractivity contribution in [1.82, 2.24) is 0 Å². The van der Waals surface area contributed by atoms with Crippen molar-refractivity contribution in [3.8, 4) is 11.5 Å². The van der Waals surface area contributed by atoms with E-state index in [1.807, 2.05) is 30.3 Å². The third-order valence-electron chi connectivity index (χ3n) is 3.05. The fourth-order valence-corrected chi connectivity index (χ4v) is 2.05. The highest BCUT2D eigenvalue weighted by molar-refractivity contribution is 6.52. The van der Waals surface area contributed by atoms with Crippen molar-refractivity contribution < 1.29 is 14.3 Å². The Hall–Kier alpha value is -2.62. The van der Waals surface area contributed by atoms with Gasteiger partial charge in [-0.3, -0.25) is 9.59 Å². The van der Waals surface area contributed by atoms with Gasteiger partial charge in [0.05, 0.1) is 11.3 Å². The van der Waals surface area contributed by atoms with Gasteiger partial charge in [0.25, 0.3) is 11.7 Å². The van der Waals surface area contributed by atoms with E-state index >= 15 is 0 Å². The molecule has 0 saturated heterocycles. The molecule has 0 unspecified atom stereocenters. The highest BCUT2D eigenvalue weighted by Crippen LogP contribution is 2.32. The second kappa shape index (κ2) is 4.24. The zero-order chi connectivity index (χ0) is 13.4. The number of rotatable bonds is 2. The molecular formula is C15H11NO3. The van der Waals surface area contributed by atoms with Crippen LogP contribution in [-0.2, 0) is 4.79 Å². The van der Waals surface area contributed by atoms with E-state index in [-0.39, 0.29) is 0 Å². The number of carbonyl (C=O) groups is 2. The van der Waals surface area contributed by atoms with Crippen LogP contribution in [-0.4, -0.2) is 18.7 Å². The van der Waals surface area contributed by atoms with Crippen LogP contribution in [0.3, 0.4) is 0 Å². The topological polar surface area (TPSA) is 46.6 Å². The van der Waals surface area contributed by atoms with Gasteiger partial charge in [0.2, 0.25) is 0 Å². The number of hydrogen-bond donors (Lipinski definition) is 0. The number of ketones is 1. The lowest BCUT2D eigenvalue weighted by molar-refractivity contribution is -0.114. The average Bonchev–Trinajstić information content (AvgIpc) is 2.65. The number of likely N-dealkylation sites (N-methyl/N-ethyl adjacent to an activating group) is 1. The second-order valence-electron chi connectivity index (χ2n) is 4.29. The number of para-hydroxylation sites is 1. The first-order valence-corrected chi connectivity index (χ1v) is 5.86. The van der Waals surface area contributed by atoms with Crippen molar-refractivity contribution in [2.24, 2.45) is 0 Å². The molecule has 0 radical (unpaired) electrons. The summed E-state index contributed by atoms with van der Waals surface area (Å²) in [5, 5.41) is 0. The van der Waals surface area contributed by atoms with Gasteiger partial charge >= 0.3 is 0 Å². The maximum absolute atomic E-state index is 11.8. The number of amides is 1. The van der Waals surface area contributed by atoms with E-state index < -0.39 is 11.7 Å². The number of Topliss-reactive ketones (excluding diaryl/α,β-unsaturated/α-hetero) is 1. The Morgan fingerprint density at radius 1 is 0.947 bits per heavy atom. The molecule has 0 aliphatic carbocycles. The minimum absolute atomic E-state index is 0.390. The van der Waals surface area contributed by atoms with Crippen LogP contribution < -0.4 is 9.64 Å². The molecule has 1 amide bonds. The summed E-state index contributed by atoms with van der Waals surface area (Å²) in [6.45, 7) is 0. The van der Waals surface area contributed by atoms with Crippen LogP contribution in [0.4, 0.5) is 5.69 Å². The minimum Gasteiger partial charge on any atom is -0.457 e. The maximum atomic E-state index is 11.8. The lowest BCUT2D eigenvalue weighted by atomic mass is 10.1. The molecular weight excluding hydrogens is 242 g/mol. The van der Waals surface area contributed by atoms with Crippen LogP contribution in [0.25, 0.3) is 0 Å². The summed E-state index contributed by atoms with van der Waals surface area (Å²) in [5.41, 5.74) is 1.01. The van der Waals surface area contributed by atoms with Crippen molar-refractivity contribution in [2.45, 2.75) is 0 Å².